The molecule has 1 heterocycles. The quantitative estimate of drug-likeness (QED) is 0.538. The number of benzene rings is 2. The maximum Gasteiger partial charge on any atom is 0.261 e. The van der Waals surface area contributed by atoms with E-state index in [9.17, 15) is 9.59 Å². The largest absolute Gasteiger partial charge is 0.408 e. The second-order valence-corrected chi connectivity index (χ2v) is 13.3. The summed E-state index contributed by atoms with van der Waals surface area (Å²) in [7, 11) is -2.10. The van der Waals surface area contributed by atoms with E-state index in [1.165, 1.54) is 4.90 Å². The first-order chi connectivity index (χ1) is 12.6. The Balaban J connectivity index is 1.92. The van der Waals surface area contributed by atoms with Crippen LogP contribution in [0.25, 0.3) is 0 Å². The van der Waals surface area contributed by atoms with Crippen molar-refractivity contribution in [2.45, 2.75) is 45.0 Å². The molecule has 2 aromatic carbocycles. The monoisotopic (exact) mass is 381 g/mol. The summed E-state index contributed by atoms with van der Waals surface area (Å²) in [6.45, 7) is 11.1. The van der Waals surface area contributed by atoms with Gasteiger partial charge in [0.1, 0.15) is 0 Å². The van der Waals surface area contributed by atoms with Crippen molar-refractivity contribution in [2.75, 3.05) is 6.54 Å². The van der Waals surface area contributed by atoms with E-state index < -0.39 is 8.32 Å². The first-order valence-electron chi connectivity index (χ1n) is 9.30. The van der Waals surface area contributed by atoms with E-state index in [4.69, 9.17) is 4.43 Å². The number of carbonyl (C=O) groups excluding carboxylic acids is 2. The zero-order valence-electron chi connectivity index (χ0n) is 16.7. The Morgan fingerprint density at radius 3 is 1.85 bits per heavy atom. The Morgan fingerprint density at radius 2 is 1.37 bits per heavy atom. The van der Waals surface area contributed by atoms with Crippen LogP contribution >= 0.6 is 0 Å². The van der Waals surface area contributed by atoms with Crippen LogP contribution in [0.15, 0.2) is 54.6 Å². The van der Waals surface area contributed by atoms with Crippen LogP contribution in [0.3, 0.4) is 0 Å². The summed E-state index contributed by atoms with van der Waals surface area (Å²) in [6.07, 6.45) is -0.339. The molecule has 0 unspecified atom stereocenters. The summed E-state index contributed by atoms with van der Waals surface area (Å²) in [4.78, 5) is 26.9. The van der Waals surface area contributed by atoms with Gasteiger partial charge in [-0.2, -0.15) is 0 Å². The summed E-state index contributed by atoms with van der Waals surface area (Å²) in [5, 5.41) is 0.0298. The second kappa shape index (κ2) is 7.06. The number of hydrogen-bond acceptors (Lipinski definition) is 3. The molecule has 0 radical (unpaired) electrons. The van der Waals surface area contributed by atoms with E-state index in [0.717, 1.165) is 5.56 Å². The molecule has 0 N–H and O–H groups in total. The SMILES string of the molecule is CC(C)(C)[Si](C)(C)O[C@@H](CN1C(=O)c2ccccc2C1=O)c1ccccc1. The van der Waals surface area contributed by atoms with Gasteiger partial charge in [-0.3, -0.25) is 14.5 Å². The van der Waals surface area contributed by atoms with Crippen molar-refractivity contribution in [3.05, 3.63) is 71.3 Å². The second-order valence-electron chi connectivity index (χ2n) is 8.54. The molecule has 0 saturated heterocycles. The summed E-state index contributed by atoms with van der Waals surface area (Å²) in [5.41, 5.74) is 1.93. The van der Waals surface area contributed by atoms with Gasteiger partial charge in [-0.25, -0.2) is 0 Å². The molecular formula is C22H27NO3Si. The van der Waals surface area contributed by atoms with E-state index in [1.807, 2.05) is 30.3 Å². The predicted molar refractivity (Wildman–Crippen MR) is 109 cm³/mol. The predicted octanol–water partition coefficient (Wildman–Crippen LogP) is 5.05. The lowest BCUT2D eigenvalue weighted by Gasteiger charge is -2.40. The van der Waals surface area contributed by atoms with E-state index in [2.05, 4.69) is 33.9 Å². The van der Waals surface area contributed by atoms with Gasteiger partial charge >= 0.3 is 0 Å². The standard InChI is InChI=1S/C22H27NO3Si/c1-22(2,3)27(4,5)26-19(16-11-7-6-8-12-16)15-23-20(24)17-13-9-10-14-18(17)21(23)25/h6-14,19H,15H2,1-5H3/t19-/m0/s1. The van der Waals surface area contributed by atoms with Crippen LogP contribution in [0.2, 0.25) is 18.1 Å². The Labute approximate surface area is 162 Å². The zero-order chi connectivity index (χ0) is 19.8. The van der Waals surface area contributed by atoms with Gasteiger partial charge in [0.2, 0.25) is 0 Å². The number of carbonyl (C=O) groups is 2. The molecule has 0 fully saturated rings. The Bertz CT molecular complexity index is 820. The summed E-state index contributed by atoms with van der Waals surface area (Å²) < 4.78 is 6.64. The molecular weight excluding hydrogens is 354 g/mol. The van der Waals surface area contributed by atoms with Crippen molar-refractivity contribution in [1.82, 2.24) is 4.90 Å². The molecule has 4 nitrogen and oxygen atoms in total. The molecule has 0 spiro atoms. The molecule has 1 aliphatic heterocycles. The molecule has 2 amide bonds. The molecule has 0 saturated carbocycles. The van der Waals surface area contributed by atoms with Gasteiger partial charge in [-0.15, -0.1) is 0 Å². The lowest BCUT2D eigenvalue weighted by molar-refractivity contribution is 0.0556. The van der Waals surface area contributed by atoms with Gasteiger partial charge in [0.05, 0.1) is 23.8 Å². The Hall–Kier alpha value is -2.24. The Morgan fingerprint density at radius 1 is 0.889 bits per heavy atom. The maximum absolute atomic E-state index is 12.8. The van der Waals surface area contributed by atoms with E-state index in [-0.39, 0.29) is 29.5 Å². The van der Waals surface area contributed by atoms with Crippen molar-refractivity contribution in [3.63, 3.8) is 0 Å². The van der Waals surface area contributed by atoms with Crippen LogP contribution in [0.1, 0.15) is 53.2 Å². The summed E-state index contributed by atoms with van der Waals surface area (Å²) in [5.74, 6) is -0.481. The van der Waals surface area contributed by atoms with Crippen molar-refractivity contribution < 1.29 is 14.0 Å². The highest BCUT2D eigenvalue weighted by Crippen LogP contribution is 2.40. The number of nitrogens with zero attached hydrogens (tertiary/aromatic N) is 1. The normalized spacial score (nSPS) is 15.8. The number of hydrogen-bond donors (Lipinski definition) is 0. The lowest BCUT2D eigenvalue weighted by atomic mass is 10.1. The fourth-order valence-electron chi connectivity index (χ4n) is 2.98. The van der Waals surface area contributed by atoms with Gasteiger partial charge in [0, 0.05) is 0 Å². The molecule has 1 aliphatic rings. The molecule has 0 bridgehead atoms. The van der Waals surface area contributed by atoms with Crippen molar-refractivity contribution in [3.8, 4) is 0 Å². The van der Waals surface area contributed by atoms with Crippen LogP contribution in [-0.4, -0.2) is 31.6 Å². The van der Waals surface area contributed by atoms with Crippen LogP contribution in [0.4, 0.5) is 0 Å². The highest BCUT2D eigenvalue weighted by atomic mass is 28.4. The maximum atomic E-state index is 12.8. The van der Waals surface area contributed by atoms with E-state index in [0.29, 0.717) is 11.1 Å². The van der Waals surface area contributed by atoms with Gasteiger partial charge in [-0.05, 0) is 35.8 Å². The minimum atomic E-state index is -2.10. The summed E-state index contributed by atoms with van der Waals surface area (Å²) in [6, 6.07) is 16.9. The van der Waals surface area contributed by atoms with Crippen molar-refractivity contribution in [2.24, 2.45) is 0 Å². The van der Waals surface area contributed by atoms with Crippen LogP contribution < -0.4 is 0 Å². The smallest absolute Gasteiger partial charge is 0.261 e. The van der Waals surface area contributed by atoms with Crippen LogP contribution in [-0.2, 0) is 4.43 Å². The summed E-state index contributed by atoms with van der Waals surface area (Å²) >= 11 is 0. The van der Waals surface area contributed by atoms with Crippen LogP contribution in [0.5, 0.6) is 0 Å². The number of fused-ring (bicyclic) bond motifs is 1. The van der Waals surface area contributed by atoms with Crippen LogP contribution in [0, 0.1) is 0 Å². The third-order valence-corrected chi connectivity index (χ3v) is 10.1. The van der Waals surface area contributed by atoms with Crippen molar-refractivity contribution >= 4 is 20.1 Å². The average molecular weight is 382 g/mol. The third-order valence-electron chi connectivity index (χ3n) is 5.64. The molecule has 142 valence electrons. The minimum absolute atomic E-state index is 0.0298. The van der Waals surface area contributed by atoms with Gasteiger partial charge in [-0.1, -0.05) is 63.2 Å². The van der Waals surface area contributed by atoms with Gasteiger partial charge < -0.3 is 4.43 Å². The molecule has 2 aromatic rings. The van der Waals surface area contributed by atoms with Gasteiger partial charge in [0.25, 0.3) is 11.8 Å². The zero-order valence-corrected chi connectivity index (χ0v) is 17.7. The molecule has 27 heavy (non-hydrogen) atoms. The highest BCUT2D eigenvalue weighted by Gasteiger charge is 2.42. The molecule has 0 aliphatic carbocycles. The fraction of sp³-hybridized carbons (Fsp3) is 0.364. The topological polar surface area (TPSA) is 46.6 Å². The number of imide groups is 1. The molecule has 0 aromatic heterocycles. The first-order valence-corrected chi connectivity index (χ1v) is 12.2. The molecule has 5 heteroatoms. The van der Waals surface area contributed by atoms with E-state index in [1.54, 1.807) is 24.3 Å². The average Bonchev–Trinajstić information content (AvgIpc) is 2.86. The lowest BCUT2D eigenvalue weighted by Crippen LogP contribution is -2.44. The Kier molecular flexibility index (Phi) is 5.10. The number of rotatable bonds is 5. The first kappa shape index (κ1) is 19.5. The van der Waals surface area contributed by atoms with E-state index >= 15 is 0 Å². The van der Waals surface area contributed by atoms with Gasteiger partial charge in [0.15, 0.2) is 8.32 Å². The molecule has 1 atom stereocenters. The highest BCUT2D eigenvalue weighted by molar-refractivity contribution is 6.74. The van der Waals surface area contributed by atoms with Crippen molar-refractivity contribution in [1.29, 1.82) is 0 Å². The third kappa shape index (κ3) is 3.75. The number of amides is 2. The minimum Gasteiger partial charge on any atom is -0.408 e. The molecule has 3 rings (SSSR count). The fourth-order valence-corrected chi connectivity index (χ4v) is 4.26.